The Hall–Kier alpha value is -3.34. The van der Waals surface area contributed by atoms with E-state index in [9.17, 15) is 9.59 Å². The third kappa shape index (κ3) is 5.03. The van der Waals surface area contributed by atoms with Crippen LogP contribution in [0.4, 0.5) is 5.69 Å². The van der Waals surface area contributed by atoms with E-state index in [0.29, 0.717) is 19.5 Å². The van der Waals surface area contributed by atoms with Crippen LogP contribution >= 0.6 is 0 Å². The topological polar surface area (TPSA) is 62.6 Å². The maximum absolute atomic E-state index is 12.8. The molecule has 1 fully saturated rings. The summed E-state index contributed by atoms with van der Waals surface area (Å²) in [6.07, 6.45) is 6.26. The minimum atomic E-state index is 0.119. The number of furan rings is 1. The van der Waals surface area contributed by atoms with E-state index in [-0.39, 0.29) is 17.7 Å². The number of benzene rings is 2. The number of rotatable bonds is 6. The van der Waals surface area contributed by atoms with E-state index in [1.807, 2.05) is 53.4 Å². The van der Waals surface area contributed by atoms with Gasteiger partial charge in [0.05, 0.1) is 0 Å². The molecule has 5 rings (SSSR count). The van der Waals surface area contributed by atoms with Gasteiger partial charge < -0.3 is 14.6 Å². The molecule has 2 heterocycles. The van der Waals surface area contributed by atoms with Crippen molar-refractivity contribution in [1.82, 2.24) is 4.90 Å². The molecule has 1 aliphatic carbocycles. The zero-order chi connectivity index (χ0) is 22.6. The van der Waals surface area contributed by atoms with Crippen LogP contribution in [-0.2, 0) is 29.0 Å². The highest BCUT2D eigenvalue weighted by Crippen LogP contribution is 2.32. The quantitative estimate of drug-likeness (QED) is 0.541. The molecule has 3 aromatic rings. The van der Waals surface area contributed by atoms with Crippen LogP contribution in [0.3, 0.4) is 0 Å². The van der Waals surface area contributed by atoms with Gasteiger partial charge in [-0.15, -0.1) is 0 Å². The maximum Gasteiger partial charge on any atom is 0.227 e. The number of amides is 2. The molecule has 5 heteroatoms. The first-order valence-electron chi connectivity index (χ1n) is 12.0. The number of carbonyl (C=O) groups is 2. The minimum absolute atomic E-state index is 0.119. The maximum atomic E-state index is 12.8. The average Bonchev–Trinajstić information content (AvgIpc) is 3.53. The lowest BCUT2D eigenvalue weighted by atomic mass is 10.1. The fourth-order valence-electron chi connectivity index (χ4n) is 4.92. The summed E-state index contributed by atoms with van der Waals surface area (Å²) in [6.45, 7) is 1.27. The molecule has 1 N–H and O–H groups in total. The van der Waals surface area contributed by atoms with Crippen molar-refractivity contribution < 1.29 is 14.0 Å². The first-order valence-corrected chi connectivity index (χ1v) is 12.0. The number of aryl methyl sites for hydroxylation is 1. The van der Waals surface area contributed by atoms with Gasteiger partial charge in [0, 0.05) is 48.7 Å². The molecule has 1 aromatic heterocycles. The largest absolute Gasteiger partial charge is 0.461 e. The van der Waals surface area contributed by atoms with Gasteiger partial charge in [0.2, 0.25) is 11.8 Å². The molecule has 2 aliphatic rings. The highest BCUT2D eigenvalue weighted by Gasteiger charge is 2.25. The van der Waals surface area contributed by atoms with Gasteiger partial charge in [-0.3, -0.25) is 9.59 Å². The monoisotopic (exact) mass is 442 g/mol. The van der Waals surface area contributed by atoms with Gasteiger partial charge in [0.15, 0.2) is 0 Å². The van der Waals surface area contributed by atoms with Crippen molar-refractivity contribution in [3.8, 4) is 11.3 Å². The van der Waals surface area contributed by atoms with Crippen molar-refractivity contribution in [2.75, 3.05) is 11.9 Å². The van der Waals surface area contributed by atoms with Crippen molar-refractivity contribution >= 4 is 17.5 Å². The summed E-state index contributed by atoms with van der Waals surface area (Å²) < 4.78 is 6.16. The highest BCUT2D eigenvalue weighted by molar-refractivity contribution is 5.93. The molecule has 0 spiro atoms. The first kappa shape index (κ1) is 21.5. The summed E-state index contributed by atoms with van der Waals surface area (Å²) in [5.74, 6) is 2.18. The van der Waals surface area contributed by atoms with Crippen LogP contribution in [-0.4, -0.2) is 23.3 Å². The number of hydrogen-bond donors (Lipinski definition) is 1. The van der Waals surface area contributed by atoms with E-state index in [1.54, 1.807) is 0 Å². The van der Waals surface area contributed by atoms with E-state index in [1.165, 1.54) is 5.56 Å². The zero-order valence-electron chi connectivity index (χ0n) is 18.9. The van der Waals surface area contributed by atoms with Crippen LogP contribution in [0.5, 0.6) is 0 Å². The molecule has 2 amide bonds. The fraction of sp³-hybridized carbons (Fsp3) is 0.357. The molecule has 0 bridgehead atoms. The van der Waals surface area contributed by atoms with Crippen molar-refractivity contribution in [2.24, 2.45) is 5.92 Å². The summed E-state index contributed by atoms with van der Waals surface area (Å²) >= 11 is 0. The summed E-state index contributed by atoms with van der Waals surface area (Å²) in [5, 5.41) is 3.07. The van der Waals surface area contributed by atoms with Crippen molar-refractivity contribution in [3.63, 3.8) is 0 Å². The van der Waals surface area contributed by atoms with E-state index >= 15 is 0 Å². The number of hydrogen-bond acceptors (Lipinski definition) is 3. The predicted molar refractivity (Wildman–Crippen MR) is 129 cm³/mol. The Morgan fingerprint density at radius 1 is 1.00 bits per heavy atom. The van der Waals surface area contributed by atoms with E-state index in [2.05, 4.69) is 17.4 Å². The number of carbonyl (C=O) groups excluding carboxylic acids is 2. The molecule has 33 heavy (non-hydrogen) atoms. The predicted octanol–water partition coefficient (Wildman–Crippen LogP) is 5.59. The van der Waals surface area contributed by atoms with Crippen LogP contribution in [0.2, 0.25) is 0 Å². The average molecular weight is 443 g/mol. The van der Waals surface area contributed by atoms with E-state index < -0.39 is 0 Å². The second kappa shape index (κ2) is 9.65. The normalized spacial score (nSPS) is 15.9. The van der Waals surface area contributed by atoms with Gasteiger partial charge in [0.1, 0.15) is 11.5 Å². The van der Waals surface area contributed by atoms with Crippen LogP contribution in [0, 0.1) is 5.92 Å². The Morgan fingerprint density at radius 2 is 1.82 bits per heavy atom. The number of nitrogens with one attached hydrogen (secondary N) is 1. The van der Waals surface area contributed by atoms with Crippen molar-refractivity contribution in [2.45, 2.75) is 51.5 Å². The molecule has 0 radical (unpaired) electrons. The lowest BCUT2D eigenvalue weighted by Gasteiger charge is -2.26. The van der Waals surface area contributed by atoms with Gasteiger partial charge >= 0.3 is 0 Å². The molecular weight excluding hydrogens is 412 g/mol. The fourth-order valence-corrected chi connectivity index (χ4v) is 4.92. The molecular formula is C28H30N2O3. The van der Waals surface area contributed by atoms with E-state index in [4.69, 9.17) is 4.42 Å². The Bertz CT molecular complexity index is 1130. The van der Waals surface area contributed by atoms with Gasteiger partial charge in [-0.25, -0.2) is 0 Å². The van der Waals surface area contributed by atoms with Crippen LogP contribution in [0.25, 0.3) is 11.3 Å². The standard InChI is InChI=1S/C28H30N2O3/c31-27(14-13-20-7-2-1-3-8-20)30-16-15-25-23(19-30)18-26(33-25)22-11-6-12-24(17-22)29-28(32)21-9-4-5-10-21/h1-3,6-8,11-12,17-18,21H,4-5,9-10,13-16,19H2,(H,29,32). The number of nitrogens with zero attached hydrogens (tertiary/aromatic N) is 1. The summed E-state index contributed by atoms with van der Waals surface area (Å²) in [5.41, 5.74) is 4.01. The Balaban J connectivity index is 1.23. The van der Waals surface area contributed by atoms with Crippen LogP contribution in [0.15, 0.2) is 65.1 Å². The Labute approximate surface area is 194 Å². The first-order chi connectivity index (χ1) is 16.2. The molecule has 0 saturated heterocycles. The third-order valence-corrected chi connectivity index (χ3v) is 6.83. The van der Waals surface area contributed by atoms with Crippen molar-refractivity contribution in [1.29, 1.82) is 0 Å². The third-order valence-electron chi connectivity index (χ3n) is 6.83. The number of anilines is 1. The van der Waals surface area contributed by atoms with Crippen LogP contribution in [0.1, 0.15) is 49.0 Å². The summed E-state index contributed by atoms with van der Waals surface area (Å²) in [7, 11) is 0. The molecule has 170 valence electrons. The Kier molecular flexibility index (Phi) is 6.29. The second-order valence-corrected chi connectivity index (χ2v) is 9.16. The molecule has 1 aliphatic heterocycles. The lowest BCUT2D eigenvalue weighted by Crippen LogP contribution is -2.35. The molecule has 0 atom stereocenters. The van der Waals surface area contributed by atoms with Crippen LogP contribution < -0.4 is 5.32 Å². The zero-order valence-corrected chi connectivity index (χ0v) is 18.9. The second-order valence-electron chi connectivity index (χ2n) is 9.16. The summed E-state index contributed by atoms with van der Waals surface area (Å²) in [6, 6.07) is 20.0. The molecule has 2 aromatic carbocycles. The minimum Gasteiger partial charge on any atom is -0.461 e. The molecule has 0 unspecified atom stereocenters. The summed E-state index contributed by atoms with van der Waals surface area (Å²) in [4.78, 5) is 27.2. The van der Waals surface area contributed by atoms with E-state index in [0.717, 1.165) is 66.9 Å². The SMILES string of the molecule is O=C(Nc1cccc(-c2cc3c(o2)CCN(C(=O)CCc2ccccc2)C3)c1)C1CCCC1. The van der Waals surface area contributed by atoms with Gasteiger partial charge in [-0.2, -0.15) is 0 Å². The highest BCUT2D eigenvalue weighted by atomic mass is 16.3. The number of fused-ring (bicyclic) bond motifs is 1. The smallest absolute Gasteiger partial charge is 0.227 e. The molecule has 1 saturated carbocycles. The van der Waals surface area contributed by atoms with Gasteiger partial charge in [-0.1, -0.05) is 55.3 Å². The Morgan fingerprint density at radius 3 is 2.64 bits per heavy atom. The lowest BCUT2D eigenvalue weighted by molar-refractivity contribution is -0.132. The van der Waals surface area contributed by atoms with Gasteiger partial charge in [0.25, 0.3) is 0 Å². The van der Waals surface area contributed by atoms with Crippen molar-refractivity contribution in [3.05, 3.63) is 77.6 Å². The molecule has 5 nitrogen and oxygen atoms in total. The van der Waals surface area contributed by atoms with Gasteiger partial charge in [-0.05, 0) is 43.0 Å².